The Kier molecular flexibility index (Phi) is 3.01. The van der Waals surface area contributed by atoms with Crippen LogP contribution in [0.3, 0.4) is 0 Å². The second kappa shape index (κ2) is 4.26. The molecule has 0 aliphatic carbocycles. The van der Waals surface area contributed by atoms with Crippen molar-refractivity contribution >= 4 is 28.9 Å². The third kappa shape index (κ3) is 2.24. The summed E-state index contributed by atoms with van der Waals surface area (Å²) in [6.45, 7) is 2.12. The van der Waals surface area contributed by atoms with Crippen LogP contribution in [0.4, 0.5) is 0 Å². The molecule has 14 heavy (non-hydrogen) atoms. The number of aryl methyl sites for hydroxylation is 1. The fourth-order valence-electron chi connectivity index (χ4n) is 1.42. The van der Waals surface area contributed by atoms with Crippen LogP contribution in [-0.2, 0) is 0 Å². The molecule has 0 saturated carbocycles. The third-order valence-corrected chi connectivity index (χ3v) is 3.79. The number of benzene rings is 2. The van der Waals surface area contributed by atoms with Gasteiger partial charge in [0.2, 0.25) is 0 Å². The van der Waals surface area contributed by atoms with E-state index in [0.717, 1.165) is 25.8 Å². The van der Waals surface area contributed by atoms with Crippen molar-refractivity contribution in [1.82, 2.24) is 0 Å². The van der Waals surface area contributed by atoms with Gasteiger partial charge in [-0.3, -0.25) is 0 Å². The van der Waals surface area contributed by atoms with Crippen molar-refractivity contribution < 1.29 is 0 Å². The van der Waals surface area contributed by atoms with Crippen LogP contribution in [0.25, 0.3) is 11.1 Å². The zero-order valence-electron chi connectivity index (χ0n) is 8.20. The number of hydrogen-bond donors (Lipinski definition) is 0. The molecule has 0 atom stereocenters. The molecule has 0 heterocycles. The van der Waals surface area contributed by atoms with Gasteiger partial charge in [-0.25, -0.2) is 0 Å². The second-order valence-corrected chi connectivity index (χ2v) is 6.08. The van der Waals surface area contributed by atoms with Crippen LogP contribution in [-0.4, -0.2) is 25.8 Å². The molecule has 0 fully saturated rings. The van der Waals surface area contributed by atoms with Crippen LogP contribution in [0.15, 0.2) is 48.5 Å². The van der Waals surface area contributed by atoms with Crippen molar-refractivity contribution in [3.8, 4) is 11.1 Å². The molecule has 2 rings (SSSR count). The molecule has 0 aromatic heterocycles. The van der Waals surface area contributed by atoms with Gasteiger partial charge in [0.1, 0.15) is 0 Å². The summed E-state index contributed by atoms with van der Waals surface area (Å²) in [6.07, 6.45) is 0. The van der Waals surface area contributed by atoms with Gasteiger partial charge in [-0.05, 0) is 0 Å². The fourth-order valence-corrected chi connectivity index (χ4v) is 2.17. The third-order valence-electron chi connectivity index (χ3n) is 2.30. The summed E-state index contributed by atoms with van der Waals surface area (Å²) in [5.41, 5.74) is 3.93. The summed E-state index contributed by atoms with van der Waals surface area (Å²) in [6, 6.07) is 17.5. The van der Waals surface area contributed by atoms with Crippen molar-refractivity contribution in [2.45, 2.75) is 6.92 Å². The zero-order valence-corrected chi connectivity index (χ0v) is 12.7. The van der Waals surface area contributed by atoms with Gasteiger partial charge in [-0.1, -0.05) is 0 Å². The summed E-state index contributed by atoms with van der Waals surface area (Å²) in [5.74, 6) is 0. The van der Waals surface area contributed by atoms with E-state index in [-0.39, 0.29) is 0 Å². The molecule has 0 unspecified atom stereocenters. The topological polar surface area (TPSA) is 0 Å². The Morgan fingerprint density at radius 2 is 1.14 bits per heavy atom. The van der Waals surface area contributed by atoms with E-state index in [9.17, 15) is 0 Å². The molecule has 0 spiro atoms. The zero-order chi connectivity index (χ0) is 9.97. The van der Waals surface area contributed by atoms with Gasteiger partial charge in [-0.15, -0.1) is 0 Å². The predicted molar refractivity (Wildman–Crippen MR) is 62.0 cm³/mol. The normalized spacial score (nSPS) is 10.0. The van der Waals surface area contributed by atoms with Gasteiger partial charge in [0.05, 0.1) is 0 Å². The molecule has 2 aromatic rings. The Morgan fingerprint density at radius 3 is 1.64 bits per heavy atom. The molecule has 0 amide bonds. The molecule has 0 nitrogen and oxygen atoms in total. The molecular formula is C13H11Tl. The summed E-state index contributed by atoms with van der Waals surface area (Å²) < 4.78 is 1.47. The van der Waals surface area contributed by atoms with Gasteiger partial charge in [0, 0.05) is 0 Å². The fraction of sp³-hybridized carbons (Fsp3) is 0.0769. The molecule has 0 radical (unpaired) electrons. The monoisotopic (exact) mass is 372 g/mol. The van der Waals surface area contributed by atoms with E-state index >= 15 is 0 Å². The number of rotatable bonds is 1. The van der Waals surface area contributed by atoms with Crippen LogP contribution in [0.1, 0.15) is 5.56 Å². The summed E-state index contributed by atoms with van der Waals surface area (Å²) in [4.78, 5) is 0. The van der Waals surface area contributed by atoms with E-state index in [1.165, 1.54) is 19.8 Å². The molecule has 0 N–H and O–H groups in total. The predicted octanol–water partition coefficient (Wildman–Crippen LogP) is 2.46. The first-order valence-corrected chi connectivity index (χ1v) is 6.93. The summed E-state index contributed by atoms with van der Waals surface area (Å²) in [7, 11) is 0. The van der Waals surface area contributed by atoms with Gasteiger partial charge < -0.3 is 0 Å². The van der Waals surface area contributed by atoms with E-state index in [0.29, 0.717) is 0 Å². The van der Waals surface area contributed by atoms with E-state index < -0.39 is 0 Å². The van der Waals surface area contributed by atoms with Crippen LogP contribution in [0, 0.1) is 6.92 Å². The number of hydrogen-bond acceptors (Lipinski definition) is 0. The second-order valence-electron chi connectivity index (χ2n) is 3.49. The van der Waals surface area contributed by atoms with Gasteiger partial charge in [-0.2, -0.15) is 0 Å². The van der Waals surface area contributed by atoms with E-state index in [4.69, 9.17) is 0 Å². The molecule has 0 aliphatic heterocycles. The van der Waals surface area contributed by atoms with E-state index in [1.807, 2.05) is 0 Å². The Balaban J connectivity index is 2.40. The van der Waals surface area contributed by atoms with Crippen LogP contribution < -0.4 is 3.12 Å². The summed E-state index contributed by atoms with van der Waals surface area (Å²) >= 11 is 0.937. The van der Waals surface area contributed by atoms with Crippen molar-refractivity contribution in [1.29, 1.82) is 0 Å². The standard InChI is InChI=1S/C13H11.Tl/c1-11-7-9-13(10-8-11)12-5-3-2-4-6-12;/h3-10H,1H3;. The van der Waals surface area contributed by atoms with Gasteiger partial charge >= 0.3 is 101 Å². The van der Waals surface area contributed by atoms with Gasteiger partial charge in [0.15, 0.2) is 0 Å². The first-order chi connectivity index (χ1) is 6.75. The average Bonchev–Trinajstić information content (AvgIpc) is 2.21. The maximum absolute atomic E-state index is 2.22. The van der Waals surface area contributed by atoms with Crippen molar-refractivity contribution in [3.63, 3.8) is 0 Å². The van der Waals surface area contributed by atoms with Gasteiger partial charge in [0.25, 0.3) is 0 Å². The van der Waals surface area contributed by atoms with E-state index in [2.05, 4.69) is 55.5 Å². The molecular weight excluding hydrogens is 361 g/mol. The molecule has 1 heteroatoms. The van der Waals surface area contributed by atoms with Crippen LogP contribution >= 0.6 is 0 Å². The van der Waals surface area contributed by atoms with Crippen molar-refractivity contribution in [3.05, 3.63) is 54.1 Å². The first-order valence-electron chi connectivity index (χ1n) is 4.68. The minimum absolute atomic E-state index is 0.937. The van der Waals surface area contributed by atoms with E-state index in [1.54, 1.807) is 0 Å². The first kappa shape index (κ1) is 9.90. The summed E-state index contributed by atoms with van der Waals surface area (Å²) in [5, 5.41) is 0. The Bertz CT molecular complexity index is 368. The molecule has 0 saturated heterocycles. The molecule has 66 valence electrons. The Hall–Kier alpha value is -0.638. The quantitative estimate of drug-likeness (QED) is 0.676. The Labute approximate surface area is 101 Å². The minimum atomic E-state index is 0.937. The SMILES string of the molecule is Cc1ccc(-c2cc[c]([Tl])cc2)cc1. The average molecular weight is 372 g/mol. The molecule has 2 aromatic carbocycles. The van der Waals surface area contributed by atoms with Crippen molar-refractivity contribution in [2.24, 2.45) is 0 Å². The molecule has 0 aliphatic rings. The van der Waals surface area contributed by atoms with Crippen LogP contribution in [0.5, 0.6) is 0 Å². The van der Waals surface area contributed by atoms with Crippen LogP contribution in [0.2, 0.25) is 0 Å². The van der Waals surface area contributed by atoms with Crippen molar-refractivity contribution in [2.75, 3.05) is 0 Å². The maximum atomic E-state index is 2.22. The molecule has 0 bridgehead atoms. The Morgan fingerprint density at radius 1 is 0.714 bits per heavy atom.